The van der Waals surface area contributed by atoms with Crippen molar-refractivity contribution in [3.8, 4) is 5.75 Å². The summed E-state index contributed by atoms with van der Waals surface area (Å²) < 4.78 is 5.32. The van der Waals surface area contributed by atoms with Crippen LogP contribution in [0, 0.1) is 6.92 Å². The lowest BCUT2D eigenvalue weighted by Gasteiger charge is -2.09. The van der Waals surface area contributed by atoms with Crippen molar-refractivity contribution in [1.29, 1.82) is 0 Å². The number of aromatic nitrogens is 2. The van der Waals surface area contributed by atoms with Gasteiger partial charge in [0.2, 0.25) is 5.95 Å². The summed E-state index contributed by atoms with van der Waals surface area (Å²) in [7, 11) is 1.64. The molecule has 0 aliphatic heterocycles. The maximum atomic E-state index is 12.3. The van der Waals surface area contributed by atoms with E-state index in [-0.39, 0.29) is 5.91 Å². The van der Waals surface area contributed by atoms with E-state index >= 15 is 0 Å². The molecule has 1 heterocycles. The molecule has 3 rings (SSSR count). The Morgan fingerprint density at radius 1 is 1.07 bits per heavy atom. The Labute approximate surface area is 165 Å². The molecule has 0 bridgehead atoms. The number of hydrogen-bond acceptors (Lipinski definition) is 5. The Bertz CT molecular complexity index is 926. The summed E-state index contributed by atoms with van der Waals surface area (Å²) in [6.07, 6.45) is 3.75. The van der Waals surface area contributed by atoms with Gasteiger partial charge in [-0.15, -0.1) is 0 Å². The van der Waals surface area contributed by atoms with E-state index in [0.29, 0.717) is 31.0 Å². The fourth-order valence-electron chi connectivity index (χ4n) is 2.86. The second-order valence-corrected chi connectivity index (χ2v) is 6.46. The number of carbonyl (C=O) groups is 1. The van der Waals surface area contributed by atoms with Gasteiger partial charge in [-0.1, -0.05) is 48.0 Å². The third kappa shape index (κ3) is 5.30. The summed E-state index contributed by atoms with van der Waals surface area (Å²) in [5.41, 5.74) is 3.85. The van der Waals surface area contributed by atoms with Gasteiger partial charge in [0.15, 0.2) is 0 Å². The van der Waals surface area contributed by atoms with E-state index in [4.69, 9.17) is 4.74 Å². The summed E-state index contributed by atoms with van der Waals surface area (Å²) in [6, 6.07) is 16.0. The molecule has 144 valence electrons. The van der Waals surface area contributed by atoms with Crippen LogP contribution in [0.25, 0.3) is 0 Å². The number of ether oxygens (including phenoxy) is 1. The molecule has 0 saturated heterocycles. The molecule has 3 aromatic rings. The van der Waals surface area contributed by atoms with Crippen molar-refractivity contribution >= 4 is 11.9 Å². The first-order valence-electron chi connectivity index (χ1n) is 9.17. The molecule has 0 fully saturated rings. The minimum absolute atomic E-state index is 0.194. The zero-order valence-electron chi connectivity index (χ0n) is 16.1. The summed E-state index contributed by atoms with van der Waals surface area (Å²) >= 11 is 0. The minimum Gasteiger partial charge on any atom is -0.496 e. The molecule has 0 unspecified atom stereocenters. The summed E-state index contributed by atoms with van der Waals surface area (Å²) in [5.74, 6) is 1.12. The first-order valence-corrected chi connectivity index (χ1v) is 9.17. The number of anilines is 1. The molecule has 0 spiro atoms. The van der Waals surface area contributed by atoms with Crippen LogP contribution in [0.5, 0.6) is 5.75 Å². The van der Waals surface area contributed by atoms with E-state index in [2.05, 4.69) is 39.7 Å². The van der Waals surface area contributed by atoms with Gasteiger partial charge in [0, 0.05) is 25.5 Å². The van der Waals surface area contributed by atoms with Gasteiger partial charge in [-0.05, 0) is 30.5 Å². The first-order chi connectivity index (χ1) is 13.7. The quantitative estimate of drug-likeness (QED) is 0.630. The second-order valence-electron chi connectivity index (χ2n) is 6.46. The standard InChI is InChI=1S/C22H24N4O2/c1-16-6-5-7-17(12-16)13-24-22-25-14-19(15-26-22)21(27)23-11-10-18-8-3-4-9-20(18)28-2/h3-9,12,14-15H,10-11,13H2,1-2H3,(H,23,27)(H,24,25,26). The Morgan fingerprint density at radius 3 is 2.61 bits per heavy atom. The van der Waals surface area contributed by atoms with Gasteiger partial charge < -0.3 is 15.4 Å². The van der Waals surface area contributed by atoms with Crippen LogP contribution in [-0.2, 0) is 13.0 Å². The number of hydrogen-bond donors (Lipinski definition) is 2. The Kier molecular flexibility index (Phi) is 6.57. The Morgan fingerprint density at radius 2 is 1.86 bits per heavy atom. The van der Waals surface area contributed by atoms with Gasteiger partial charge in [0.05, 0.1) is 12.7 Å². The molecule has 0 aliphatic carbocycles. The molecular weight excluding hydrogens is 352 g/mol. The number of para-hydroxylation sites is 1. The van der Waals surface area contributed by atoms with Crippen molar-refractivity contribution in [2.75, 3.05) is 19.0 Å². The second kappa shape index (κ2) is 9.50. The van der Waals surface area contributed by atoms with Crippen LogP contribution >= 0.6 is 0 Å². The molecule has 0 aliphatic rings. The van der Waals surface area contributed by atoms with Crippen LogP contribution < -0.4 is 15.4 Å². The number of amides is 1. The molecule has 6 nitrogen and oxygen atoms in total. The fraction of sp³-hybridized carbons (Fsp3) is 0.227. The van der Waals surface area contributed by atoms with Gasteiger partial charge in [0.25, 0.3) is 5.91 Å². The highest BCUT2D eigenvalue weighted by Crippen LogP contribution is 2.17. The van der Waals surface area contributed by atoms with Crippen molar-refractivity contribution < 1.29 is 9.53 Å². The summed E-state index contributed by atoms with van der Waals surface area (Å²) in [4.78, 5) is 20.7. The average Bonchev–Trinajstić information content (AvgIpc) is 2.73. The molecule has 1 amide bonds. The number of methoxy groups -OCH3 is 1. The molecule has 0 saturated carbocycles. The number of nitrogens with one attached hydrogen (secondary N) is 2. The van der Waals surface area contributed by atoms with Crippen LogP contribution in [0.1, 0.15) is 27.0 Å². The van der Waals surface area contributed by atoms with Crippen molar-refractivity contribution in [2.45, 2.75) is 19.9 Å². The third-order valence-electron chi connectivity index (χ3n) is 4.32. The maximum Gasteiger partial charge on any atom is 0.254 e. The molecule has 2 aromatic carbocycles. The molecule has 0 radical (unpaired) electrons. The predicted molar refractivity (Wildman–Crippen MR) is 110 cm³/mol. The highest BCUT2D eigenvalue weighted by molar-refractivity contribution is 5.93. The lowest BCUT2D eigenvalue weighted by Crippen LogP contribution is -2.26. The molecule has 0 atom stereocenters. The molecule has 6 heteroatoms. The number of carbonyl (C=O) groups excluding carboxylic acids is 1. The van der Waals surface area contributed by atoms with Crippen LogP contribution in [-0.4, -0.2) is 29.5 Å². The van der Waals surface area contributed by atoms with Crippen LogP contribution in [0.4, 0.5) is 5.95 Å². The van der Waals surface area contributed by atoms with Gasteiger partial charge in [-0.3, -0.25) is 4.79 Å². The van der Waals surface area contributed by atoms with Gasteiger partial charge in [0.1, 0.15) is 5.75 Å². The summed E-state index contributed by atoms with van der Waals surface area (Å²) in [6.45, 7) is 3.19. The minimum atomic E-state index is -0.194. The van der Waals surface area contributed by atoms with Crippen molar-refractivity contribution in [1.82, 2.24) is 15.3 Å². The smallest absolute Gasteiger partial charge is 0.254 e. The Hall–Kier alpha value is -3.41. The number of rotatable bonds is 8. The van der Waals surface area contributed by atoms with Crippen LogP contribution in [0.3, 0.4) is 0 Å². The number of nitrogens with zero attached hydrogens (tertiary/aromatic N) is 2. The van der Waals surface area contributed by atoms with E-state index < -0.39 is 0 Å². The highest BCUT2D eigenvalue weighted by Gasteiger charge is 2.08. The predicted octanol–water partition coefficient (Wildman–Crippen LogP) is 3.38. The van der Waals surface area contributed by atoms with E-state index in [1.54, 1.807) is 7.11 Å². The third-order valence-corrected chi connectivity index (χ3v) is 4.32. The zero-order chi connectivity index (χ0) is 19.8. The SMILES string of the molecule is COc1ccccc1CCNC(=O)c1cnc(NCc2cccc(C)c2)nc1. The van der Waals surface area contributed by atoms with E-state index in [1.807, 2.05) is 36.4 Å². The van der Waals surface area contributed by atoms with Crippen LogP contribution in [0.15, 0.2) is 60.9 Å². The van der Waals surface area contributed by atoms with Crippen LogP contribution in [0.2, 0.25) is 0 Å². The van der Waals surface area contributed by atoms with Crippen molar-refractivity contribution in [2.24, 2.45) is 0 Å². The van der Waals surface area contributed by atoms with E-state index in [1.165, 1.54) is 18.0 Å². The molecule has 1 aromatic heterocycles. The lowest BCUT2D eigenvalue weighted by molar-refractivity contribution is 0.0953. The molecule has 28 heavy (non-hydrogen) atoms. The van der Waals surface area contributed by atoms with Gasteiger partial charge in [-0.25, -0.2) is 9.97 Å². The van der Waals surface area contributed by atoms with Crippen molar-refractivity contribution in [3.05, 3.63) is 83.2 Å². The topological polar surface area (TPSA) is 76.1 Å². The first kappa shape index (κ1) is 19.4. The lowest BCUT2D eigenvalue weighted by atomic mass is 10.1. The Balaban J connectivity index is 1.49. The van der Waals surface area contributed by atoms with Gasteiger partial charge >= 0.3 is 0 Å². The highest BCUT2D eigenvalue weighted by atomic mass is 16.5. The molecule has 2 N–H and O–H groups in total. The number of aryl methyl sites for hydroxylation is 1. The maximum absolute atomic E-state index is 12.3. The van der Waals surface area contributed by atoms with Gasteiger partial charge in [-0.2, -0.15) is 0 Å². The fourth-order valence-corrected chi connectivity index (χ4v) is 2.86. The monoisotopic (exact) mass is 376 g/mol. The zero-order valence-corrected chi connectivity index (χ0v) is 16.1. The largest absolute Gasteiger partial charge is 0.496 e. The van der Waals surface area contributed by atoms with Crippen molar-refractivity contribution in [3.63, 3.8) is 0 Å². The average molecular weight is 376 g/mol. The summed E-state index contributed by atoms with van der Waals surface area (Å²) in [5, 5.41) is 6.05. The van der Waals surface area contributed by atoms with E-state index in [0.717, 1.165) is 16.9 Å². The number of benzene rings is 2. The normalized spacial score (nSPS) is 10.4. The van der Waals surface area contributed by atoms with E-state index in [9.17, 15) is 4.79 Å². The molecular formula is C22H24N4O2.